The Labute approximate surface area is 116 Å². The number of hydrogen-bond donors (Lipinski definition) is 0. The molecule has 2 fully saturated rings. The predicted octanol–water partition coefficient (Wildman–Crippen LogP) is 1.81. The number of rotatable bonds is 3. The van der Waals surface area contributed by atoms with Gasteiger partial charge in [-0.3, -0.25) is 9.69 Å². The summed E-state index contributed by atoms with van der Waals surface area (Å²) in [5, 5.41) is 1.02. The van der Waals surface area contributed by atoms with Crippen LogP contribution in [0.4, 0.5) is 0 Å². The first-order chi connectivity index (χ1) is 8.15. The van der Waals surface area contributed by atoms with Crippen LogP contribution in [0, 0.1) is 0 Å². The van der Waals surface area contributed by atoms with E-state index >= 15 is 0 Å². The summed E-state index contributed by atoms with van der Waals surface area (Å²) in [4.78, 5) is 17.0. The molecule has 98 valence electrons. The van der Waals surface area contributed by atoms with Gasteiger partial charge >= 0.3 is 0 Å². The maximum Gasteiger partial charge on any atom is 0.238 e. The standard InChI is InChI=1S/C12H21BrN2OS/c1-12(3-2-10-17-12)11(16)15-8-6-14(5-4-13)7-9-15/h2-10H2,1H3. The van der Waals surface area contributed by atoms with Crippen molar-refractivity contribution < 1.29 is 4.79 Å². The van der Waals surface area contributed by atoms with E-state index in [2.05, 4.69) is 32.7 Å². The van der Waals surface area contributed by atoms with Crippen LogP contribution in [0.15, 0.2) is 0 Å². The van der Waals surface area contributed by atoms with Crippen molar-refractivity contribution in [1.82, 2.24) is 9.80 Å². The smallest absolute Gasteiger partial charge is 0.238 e. The van der Waals surface area contributed by atoms with Crippen LogP contribution in [0.2, 0.25) is 0 Å². The van der Waals surface area contributed by atoms with Gasteiger partial charge in [-0.2, -0.15) is 0 Å². The highest BCUT2D eigenvalue weighted by molar-refractivity contribution is 9.09. The molecule has 0 aromatic rings. The highest BCUT2D eigenvalue weighted by Crippen LogP contribution is 2.39. The Balaban J connectivity index is 1.86. The van der Waals surface area contributed by atoms with Gasteiger partial charge < -0.3 is 4.90 Å². The maximum atomic E-state index is 12.5. The fourth-order valence-electron chi connectivity index (χ4n) is 2.58. The first kappa shape index (κ1) is 13.7. The van der Waals surface area contributed by atoms with Crippen LogP contribution in [0.25, 0.3) is 0 Å². The van der Waals surface area contributed by atoms with E-state index in [1.807, 2.05) is 11.8 Å². The molecular formula is C12H21BrN2OS. The van der Waals surface area contributed by atoms with Crippen molar-refractivity contribution in [3.8, 4) is 0 Å². The van der Waals surface area contributed by atoms with Gasteiger partial charge in [0.2, 0.25) is 5.91 Å². The van der Waals surface area contributed by atoms with E-state index < -0.39 is 0 Å². The minimum absolute atomic E-state index is 0.127. The number of thioether (sulfide) groups is 1. The highest BCUT2D eigenvalue weighted by Gasteiger charge is 2.40. The molecule has 0 bridgehead atoms. The lowest BCUT2D eigenvalue weighted by atomic mass is 10.0. The van der Waals surface area contributed by atoms with Crippen molar-refractivity contribution in [3.05, 3.63) is 0 Å². The summed E-state index contributed by atoms with van der Waals surface area (Å²) >= 11 is 5.31. The third kappa shape index (κ3) is 3.18. The molecule has 17 heavy (non-hydrogen) atoms. The van der Waals surface area contributed by atoms with Gasteiger partial charge in [0.05, 0.1) is 4.75 Å². The summed E-state index contributed by atoms with van der Waals surface area (Å²) in [6, 6.07) is 0. The number of halogens is 1. The number of amides is 1. The van der Waals surface area contributed by atoms with Crippen LogP contribution in [-0.4, -0.2) is 64.3 Å². The van der Waals surface area contributed by atoms with Crippen LogP contribution >= 0.6 is 27.7 Å². The van der Waals surface area contributed by atoms with Gasteiger partial charge in [0.25, 0.3) is 0 Å². The molecule has 0 radical (unpaired) electrons. The molecule has 2 heterocycles. The summed E-state index contributed by atoms with van der Waals surface area (Å²) < 4.78 is -0.127. The molecule has 0 aromatic heterocycles. The molecule has 2 aliphatic rings. The average Bonchev–Trinajstić information content (AvgIpc) is 2.78. The summed E-state index contributed by atoms with van der Waals surface area (Å²) in [5.74, 6) is 1.52. The van der Waals surface area contributed by atoms with Crippen molar-refractivity contribution in [2.75, 3.05) is 43.8 Å². The quantitative estimate of drug-likeness (QED) is 0.741. The van der Waals surface area contributed by atoms with E-state index in [-0.39, 0.29) is 4.75 Å². The summed E-state index contributed by atoms with van der Waals surface area (Å²) in [5.41, 5.74) is 0. The van der Waals surface area contributed by atoms with Crippen molar-refractivity contribution in [2.45, 2.75) is 24.5 Å². The molecule has 0 aromatic carbocycles. The molecule has 2 saturated heterocycles. The molecule has 0 aliphatic carbocycles. The van der Waals surface area contributed by atoms with E-state index in [0.29, 0.717) is 5.91 Å². The number of carbonyl (C=O) groups excluding carboxylic acids is 1. The van der Waals surface area contributed by atoms with Crippen molar-refractivity contribution in [3.63, 3.8) is 0 Å². The van der Waals surface area contributed by atoms with Crippen molar-refractivity contribution >= 4 is 33.6 Å². The van der Waals surface area contributed by atoms with Crippen LogP contribution in [0.1, 0.15) is 19.8 Å². The summed E-state index contributed by atoms with van der Waals surface area (Å²) in [6.45, 7) is 7.08. The molecule has 1 unspecified atom stereocenters. The van der Waals surface area contributed by atoms with E-state index in [1.165, 1.54) is 6.42 Å². The zero-order chi connectivity index (χ0) is 12.3. The van der Waals surface area contributed by atoms with Crippen LogP contribution < -0.4 is 0 Å². The Kier molecular flexibility index (Phi) is 4.78. The van der Waals surface area contributed by atoms with Gasteiger partial charge in [-0.1, -0.05) is 15.9 Å². The molecule has 1 atom stereocenters. The van der Waals surface area contributed by atoms with Gasteiger partial charge in [0.1, 0.15) is 0 Å². The Morgan fingerprint density at radius 1 is 1.35 bits per heavy atom. The zero-order valence-electron chi connectivity index (χ0n) is 10.5. The monoisotopic (exact) mass is 320 g/mol. The van der Waals surface area contributed by atoms with Gasteiger partial charge in [0, 0.05) is 38.1 Å². The van der Waals surface area contributed by atoms with E-state index in [4.69, 9.17) is 0 Å². The van der Waals surface area contributed by atoms with Gasteiger partial charge in [-0.25, -0.2) is 0 Å². The number of hydrogen-bond acceptors (Lipinski definition) is 3. The number of alkyl halides is 1. The van der Waals surface area contributed by atoms with E-state index in [1.54, 1.807) is 0 Å². The third-order valence-corrected chi connectivity index (χ3v) is 5.59. The predicted molar refractivity (Wildman–Crippen MR) is 76.9 cm³/mol. The molecule has 1 amide bonds. The summed E-state index contributed by atoms with van der Waals surface area (Å²) in [7, 11) is 0. The lowest BCUT2D eigenvalue weighted by molar-refractivity contribution is -0.135. The lowest BCUT2D eigenvalue weighted by Gasteiger charge is -2.38. The Hall–Kier alpha value is 0.260. The number of nitrogens with zero attached hydrogens (tertiary/aromatic N) is 2. The lowest BCUT2D eigenvalue weighted by Crippen LogP contribution is -2.53. The van der Waals surface area contributed by atoms with Crippen molar-refractivity contribution in [1.29, 1.82) is 0 Å². The first-order valence-corrected chi connectivity index (χ1v) is 8.48. The second-order valence-electron chi connectivity index (χ2n) is 5.01. The average molecular weight is 321 g/mol. The molecule has 3 nitrogen and oxygen atoms in total. The normalized spacial score (nSPS) is 30.8. The molecule has 5 heteroatoms. The topological polar surface area (TPSA) is 23.6 Å². The Morgan fingerprint density at radius 3 is 2.59 bits per heavy atom. The molecular weight excluding hydrogens is 300 g/mol. The highest BCUT2D eigenvalue weighted by atomic mass is 79.9. The Bertz CT molecular complexity index is 274. The minimum atomic E-state index is -0.127. The van der Waals surface area contributed by atoms with Gasteiger partial charge in [-0.05, 0) is 25.5 Å². The van der Waals surface area contributed by atoms with Crippen LogP contribution in [-0.2, 0) is 4.79 Å². The molecule has 0 spiro atoms. The molecule has 0 saturated carbocycles. The first-order valence-electron chi connectivity index (χ1n) is 6.37. The number of piperazine rings is 1. The second-order valence-corrected chi connectivity index (χ2v) is 7.40. The van der Waals surface area contributed by atoms with Crippen LogP contribution in [0.5, 0.6) is 0 Å². The zero-order valence-corrected chi connectivity index (χ0v) is 12.9. The van der Waals surface area contributed by atoms with Gasteiger partial charge in [-0.15, -0.1) is 11.8 Å². The fraction of sp³-hybridized carbons (Fsp3) is 0.917. The third-order valence-electron chi connectivity index (χ3n) is 3.73. The largest absolute Gasteiger partial charge is 0.339 e. The fourth-order valence-corrected chi connectivity index (χ4v) is 4.36. The summed E-state index contributed by atoms with van der Waals surface area (Å²) in [6.07, 6.45) is 2.24. The SMILES string of the molecule is CC1(C(=O)N2CCN(CCBr)CC2)CCCS1. The van der Waals surface area contributed by atoms with E-state index in [0.717, 1.165) is 50.2 Å². The Morgan fingerprint density at radius 2 is 2.06 bits per heavy atom. The van der Waals surface area contributed by atoms with Gasteiger partial charge in [0.15, 0.2) is 0 Å². The molecule has 0 N–H and O–H groups in total. The second kappa shape index (κ2) is 5.93. The molecule has 2 aliphatic heterocycles. The van der Waals surface area contributed by atoms with E-state index in [9.17, 15) is 4.79 Å². The maximum absolute atomic E-state index is 12.5. The van der Waals surface area contributed by atoms with Crippen molar-refractivity contribution in [2.24, 2.45) is 0 Å². The molecule has 2 rings (SSSR count). The van der Waals surface area contributed by atoms with Crippen LogP contribution in [0.3, 0.4) is 0 Å². The minimum Gasteiger partial charge on any atom is -0.339 e. The number of carbonyl (C=O) groups is 1.